The maximum atomic E-state index is 14.8. The van der Waals surface area contributed by atoms with E-state index in [1.165, 1.54) is 4.57 Å². The number of nitrogens with zero attached hydrogens (tertiary/aromatic N) is 4. The van der Waals surface area contributed by atoms with E-state index in [0.717, 1.165) is 34.8 Å². The van der Waals surface area contributed by atoms with Gasteiger partial charge in [-0.2, -0.15) is 10.1 Å². The number of aromatic nitrogens is 5. The molecule has 0 bridgehead atoms. The number of nitrogens with one attached hydrogen (secondary N) is 2. The molecule has 2 N–H and O–H groups in total. The quantitative estimate of drug-likeness (QED) is 0.374. The number of fused-ring (bicyclic) bond motifs is 2. The molecule has 162 valence electrons. The van der Waals surface area contributed by atoms with Gasteiger partial charge in [0.1, 0.15) is 22.2 Å². The zero-order chi connectivity index (χ0) is 22.5. The summed E-state index contributed by atoms with van der Waals surface area (Å²) < 4.78 is 48.4. The molecule has 10 nitrogen and oxygen atoms in total. The first-order chi connectivity index (χ1) is 15.3. The van der Waals surface area contributed by atoms with Crippen LogP contribution in [0, 0.1) is 5.82 Å². The standard InChI is InChI=1S/C19H12ClFN6O4S/c20-17-4-10-2-1-3-11(12(10)7-22-17)8-27-14-5-13(21)16(6-15(14)31-19(27)28)32(29,30)26-18-23-9-24-25-18/h1-7,9H,8H2,(H2,23,24,25,26). The summed E-state index contributed by atoms with van der Waals surface area (Å²) in [6.07, 6.45) is 2.67. The van der Waals surface area contributed by atoms with E-state index in [9.17, 15) is 17.6 Å². The molecule has 13 heteroatoms. The number of rotatable bonds is 5. The minimum atomic E-state index is -4.35. The first-order valence-electron chi connectivity index (χ1n) is 9.06. The van der Waals surface area contributed by atoms with Gasteiger partial charge in [0.25, 0.3) is 10.0 Å². The van der Waals surface area contributed by atoms with E-state index in [4.69, 9.17) is 16.0 Å². The number of pyridine rings is 1. The Balaban J connectivity index is 1.59. The molecule has 2 aromatic carbocycles. The Morgan fingerprint density at radius 2 is 2.06 bits per heavy atom. The Labute approximate surface area is 183 Å². The zero-order valence-electron chi connectivity index (χ0n) is 15.9. The van der Waals surface area contributed by atoms with Crippen LogP contribution in [0.5, 0.6) is 0 Å². The van der Waals surface area contributed by atoms with Gasteiger partial charge in [0.15, 0.2) is 5.58 Å². The fourth-order valence-corrected chi connectivity index (χ4v) is 4.58. The third kappa shape index (κ3) is 3.48. The SMILES string of the molecule is O=c1oc2cc(S(=O)(=O)Nc3ncn[nH]3)c(F)cc2n1Cc1cccc2cc(Cl)ncc12. The van der Waals surface area contributed by atoms with Gasteiger partial charge in [0, 0.05) is 23.7 Å². The summed E-state index contributed by atoms with van der Waals surface area (Å²) >= 11 is 5.94. The summed E-state index contributed by atoms with van der Waals surface area (Å²) in [4.78, 5) is 19.5. The first-order valence-corrected chi connectivity index (χ1v) is 10.9. The first kappa shape index (κ1) is 20.2. The summed E-state index contributed by atoms with van der Waals surface area (Å²) in [6, 6.07) is 9.01. The Kier molecular flexibility index (Phi) is 4.68. The monoisotopic (exact) mass is 474 g/mol. The van der Waals surface area contributed by atoms with Crippen LogP contribution in [0.3, 0.4) is 0 Å². The minimum absolute atomic E-state index is 0.0499. The Bertz CT molecular complexity index is 1650. The molecule has 0 aliphatic heterocycles. The second-order valence-corrected chi connectivity index (χ2v) is 8.83. The average Bonchev–Trinajstić information content (AvgIpc) is 3.35. The summed E-state index contributed by atoms with van der Waals surface area (Å²) in [5.74, 6) is -2.02. The van der Waals surface area contributed by atoms with Crippen molar-refractivity contribution < 1.29 is 17.2 Å². The third-order valence-corrected chi connectivity index (χ3v) is 6.37. The van der Waals surface area contributed by atoms with Gasteiger partial charge in [-0.05, 0) is 17.0 Å². The van der Waals surface area contributed by atoms with Crippen molar-refractivity contribution in [3.63, 3.8) is 0 Å². The van der Waals surface area contributed by atoms with E-state index in [0.29, 0.717) is 5.15 Å². The van der Waals surface area contributed by atoms with Crippen molar-refractivity contribution in [2.75, 3.05) is 4.72 Å². The lowest BCUT2D eigenvalue weighted by molar-refractivity contribution is 0.517. The van der Waals surface area contributed by atoms with Gasteiger partial charge in [-0.1, -0.05) is 29.8 Å². The van der Waals surface area contributed by atoms with Crippen LogP contribution in [0.1, 0.15) is 5.56 Å². The Morgan fingerprint density at radius 1 is 1.22 bits per heavy atom. The molecule has 5 rings (SSSR count). The summed E-state index contributed by atoms with van der Waals surface area (Å²) in [5.41, 5.74) is 0.737. The number of benzene rings is 2. The van der Waals surface area contributed by atoms with Crippen molar-refractivity contribution >= 4 is 49.4 Å². The van der Waals surface area contributed by atoms with Crippen LogP contribution >= 0.6 is 11.6 Å². The Hall–Kier alpha value is -3.77. The maximum absolute atomic E-state index is 14.8. The maximum Gasteiger partial charge on any atom is 0.420 e. The normalized spacial score (nSPS) is 11.9. The molecular weight excluding hydrogens is 463 g/mol. The van der Waals surface area contributed by atoms with E-state index in [1.807, 2.05) is 6.07 Å². The molecule has 0 unspecified atom stereocenters. The van der Waals surface area contributed by atoms with Crippen molar-refractivity contribution in [1.82, 2.24) is 24.7 Å². The number of hydrogen-bond acceptors (Lipinski definition) is 7. The molecular formula is C19H12ClFN6O4S. The number of halogens is 2. The van der Waals surface area contributed by atoms with Crippen LogP contribution in [0.2, 0.25) is 5.15 Å². The molecule has 0 saturated heterocycles. The molecule has 0 atom stereocenters. The molecule has 0 fully saturated rings. The van der Waals surface area contributed by atoms with Gasteiger partial charge in [-0.15, -0.1) is 0 Å². The number of oxazole rings is 1. The second-order valence-electron chi connectivity index (χ2n) is 6.79. The highest BCUT2D eigenvalue weighted by atomic mass is 35.5. The van der Waals surface area contributed by atoms with Gasteiger partial charge in [0.05, 0.1) is 12.1 Å². The molecule has 3 aromatic heterocycles. The van der Waals surface area contributed by atoms with E-state index in [1.54, 1.807) is 24.4 Å². The van der Waals surface area contributed by atoms with Gasteiger partial charge >= 0.3 is 5.76 Å². The Morgan fingerprint density at radius 3 is 2.84 bits per heavy atom. The van der Waals surface area contributed by atoms with Crippen LogP contribution < -0.4 is 10.5 Å². The highest BCUT2D eigenvalue weighted by molar-refractivity contribution is 7.92. The van der Waals surface area contributed by atoms with Crippen molar-refractivity contribution in [3.05, 3.63) is 76.0 Å². The molecule has 32 heavy (non-hydrogen) atoms. The van der Waals surface area contributed by atoms with E-state index >= 15 is 0 Å². The summed E-state index contributed by atoms with van der Waals surface area (Å²) in [6.45, 7) is 0.0499. The largest absolute Gasteiger partial charge is 0.420 e. The fourth-order valence-electron chi connectivity index (χ4n) is 3.37. The summed E-state index contributed by atoms with van der Waals surface area (Å²) in [7, 11) is -4.35. The highest BCUT2D eigenvalue weighted by Gasteiger charge is 2.24. The predicted molar refractivity (Wildman–Crippen MR) is 113 cm³/mol. The van der Waals surface area contributed by atoms with Crippen LogP contribution in [-0.2, 0) is 16.6 Å². The molecule has 0 spiro atoms. The van der Waals surface area contributed by atoms with Crippen LogP contribution in [0.4, 0.5) is 10.3 Å². The number of H-pyrrole nitrogens is 1. The lowest BCUT2D eigenvalue weighted by atomic mass is 10.1. The molecule has 0 aliphatic carbocycles. The van der Waals surface area contributed by atoms with Crippen LogP contribution in [0.25, 0.3) is 21.9 Å². The van der Waals surface area contributed by atoms with Gasteiger partial charge in [0.2, 0.25) is 5.95 Å². The zero-order valence-corrected chi connectivity index (χ0v) is 17.5. The van der Waals surface area contributed by atoms with Crippen molar-refractivity contribution in [2.24, 2.45) is 0 Å². The molecule has 0 saturated carbocycles. The predicted octanol–water partition coefficient (Wildman–Crippen LogP) is 2.90. The second kappa shape index (κ2) is 7.43. The van der Waals surface area contributed by atoms with Crippen LogP contribution in [-0.4, -0.2) is 33.2 Å². The van der Waals surface area contributed by atoms with E-state index < -0.39 is 26.5 Å². The van der Waals surface area contributed by atoms with Crippen molar-refractivity contribution in [2.45, 2.75) is 11.4 Å². The number of hydrogen-bond donors (Lipinski definition) is 2. The van der Waals surface area contributed by atoms with E-state index in [-0.39, 0.29) is 23.6 Å². The lowest BCUT2D eigenvalue weighted by Gasteiger charge is -2.09. The minimum Gasteiger partial charge on any atom is -0.408 e. The fraction of sp³-hybridized carbons (Fsp3) is 0.0526. The molecule has 0 aliphatic rings. The smallest absolute Gasteiger partial charge is 0.408 e. The molecule has 5 aromatic rings. The molecule has 3 heterocycles. The number of anilines is 1. The molecule has 0 amide bonds. The topological polar surface area (TPSA) is 136 Å². The van der Waals surface area contributed by atoms with E-state index in [2.05, 4.69) is 24.9 Å². The van der Waals surface area contributed by atoms with Gasteiger partial charge in [-0.25, -0.2) is 32.4 Å². The highest BCUT2D eigenvalue weighted by Crippen LogP contribution is 2.26. The lowest BCUT2D eigenvalue weighted by Crippen LogP contribution is -2.16. The van der Waals surface area contributed by atoms with Gasteiger partial charge in [-0.3, -0.25) is 4.57 Å². The van der Waals surface area contributed by atoms with Crippen LogP contribution in [0.15, 0.2) is 63.0 Å². The van der Waals surface area contributed by atoms with Crippen molar-refractivity contribution in [3.8, 4) is 0 Å². The number of sulfonamides is 1. The average molecular weight is 475 g/mol. The summed E-state index contributed by atoms with van der Waals surface area (Å²) in [5, 5.41) is 7.74. The third-order valence-electron chi connectivity index (χ3n) is 4.81. The van der Waals surface area contributed by atoms with Gasteiger partial charge < -0.3 is 4.42 Å². The molecule has 0 radical (unpaired) electrons. The van der Waals surface area contributed by atoms with Crippen molar-refractivity contribution in [1.29, 1.82) is 0 Å². The number of aromatic amines is 1.